The van der Waals surface area contributed by atoms with Gasteiger partial charge in [0.2, 0.25) is 0 Å². The molecule has 1 aromatic carbocycles. The monoisotopic (exact) mass is 389 g/mol. The zero-order valence-electron chi connectivity index (χ0n) is 16.5. The van der Waals surface area contributed by atoms with Gasteiger partial charge in [0.1, 0.15) is 11.5 Å². The van der Waals surface area contributed by atoms with E-state index in [-0.39, 0.29) is 17.9 Å². The summed E-state index contributed by atoms with van der Waals surface area (Å²) in [5.41, 5.74) is 3.01. The van der Waals surface area contributed by atoms with Crippen LogP contribution in [0.2, 0.25) is 0 Å². The van der Waals surface area contributed by atoms with E-state index in [9.17, 15) is 9.59 Å². The van der Waals surface area contributed by atoms with Gasteiger partial charge < -0.3 is 14.8 Å². The number of aromatic nitrogens is 3. The van der Waals surface area contributed by atoms with Crippen LogP contribution in [0.3, 0.4) is 0 Å². The van der Waals surface area contributed by atoms with Gasteiger partial charge in [0.25, 0.3) is 11.8 Å². The molecule has 7 heteroatoms. The van der Waals surface area contributed by atoms with Crippen LogP contribution in [0.1, 0.15) is 50.8 Å². The molecule has 2 aromatic heterocycles. The SMILES string of the molecule is Cc1cccc(C(=O)N2CCn3cc(C(=O)NCc4cccnc4)nc3[C@H]2C)c1. The van der Waals surface area contributed by atoms with Crippen molar-refractivity contribution in [2.45, 2.75) is 33.0 Å². The van der Waals surface area contributed by atoms with Crippen LogP contribution in [0.25, 0.3) is 0 Å². The van der Waals surface area contributed by atoms with Crippen molar-refractivity contribution in [1.29, 1.82) is 0 Å². The number of hydrogen-bond donors (Lipinski definition) is 1. The zero-order valence-corrected chi connectivity index (χ0v) is 16.5. The molecule has 1 atom stereocenters. The largest absolute Gasteiger partial charge is 0.347 e. The number of rotatable bonds is 4. The third kappa shape index (κ3) is 3.89. The van der Waals surface area contributed by atoms with Gasteiger partial charge in [-0.3, -0.25) is 14.6 Å². The number of carbonyl (C=O) groups is 2. The van der Waals surface area contributed by atoms with E-state index in [1.54, 1.807) is 18.6 Å². The Bertz CT molecular complexity index is 1040. The molecular weight excluding hydrogens is 366 g/mol. The summed E-state index contributed by atoms with van der Waals surface area (Å²) < 4.78 is 1.96. The highest BCUT2D eigenvalue weighted by molar-refractivity contribution is 5.95. The summed E-state index contributed by atoms with van der Waals surface area (Å²) in [5, 5.41) is 2.87. The molecule has 0 spiro atoms. The number of benzene rings is 1. The summed E-state index contributed by atoms with van der Waals surface area (Å²) >= 11 is 0. The van der Waals surface area contributed by atoms with E-state index in [1.807, 2.05) is 59.7 Å². The Labute approximate surface area is 169 Å². The lowest BCUT2D eigenvalue weighted by Gasteiger charge is -2.33. The van der Waals surface area contributed by atoms with Crippen LogP contribution in [0, 0.1) is 6.92 Å². The van der Waals surface area contributed by atoms with E-state index in [4.69, 9.17) is 0 Å². The van der Waals surface area contributed by atoms with Gasteiger partial charge >= 0.3 is 0 Å². The van der Waals surface area contributed by atoms with Crippen molar-refractivity contribution in [1.82, 2.24) is 24.8 Å². The Morgan fingerprint density at radius 3 is 2.83 bits per heavy atom. The van der Waals surface area contributed by atoms with Gasteiger partial charge in [-0.05, 0) is 37.6 Å². The van der Waals surface area contributed by atoms with Gasteiger partial charge in [-0.25, -0.2) is 4.98 Å². The van der Waals surface area contributed by atoms with Gasteiger partial charge in [0.05, 0.1) is 6.04 Å². The summed E-state index contributed by atoms with van der Waals surface area (Å²) in [6.45, 7) is 5.50. The molecule has 7 nitrogen and oxygen atoms in total. The first-order chi connectivity index (χ1) is 14.0. The minimum Gasteiger partial charge on any atom is -0.347 e. The van der Waals surface area contributed by atoms with Crippen LogP contribution in [-0.2, 0) is 13.1 Å². The Morgan fingerprint density at radius 2 is 2.07 bits per heavy atom. The van der Waals surface area contributed by atoms with E-state index in [1.165, 1.54) is 0 Å². The number of nitrogens with one attached hydrogen (secondary N) is 1. The molecule has 0 bridgehead atoms. The fourth-order valence-electron chi connectivity index (χ4n) is 3.60. The van der Waals surface area contributed by atoms with E-state index < -0.39 is 0 Å². The topological polar surface area (TPSA) is 80.1 Å². The van der Waals surface area contributed by atoms with Crippen molar-refractivity contribution < 1.29 is 9.59 Å². The third-order valence-corrected chi connectivity index (χ3v) is 5.16. The molecule has 3 heterocycles. The van der Waals surface area contributed by atoms with Crippen molar-refractivity contribution in [2.75, 3.05) is 6.54 Å². The number of aryl methyl sites for hydroxylation is 1. The number of fused-ring (bicyclic) bond motifs is 1. The average Bonchev–Trinajstić information content (AvgIpc) is 3.18. The fraction of sp³-hybridized carbons (Fsp3) is 0.273. The van der Waals surface area contributed by atoms with Crippen molar-refractivity contribution in [3.63, 3.8) is 0 Å². The van der Waals surface area contributed by atoms with Crippen molar-refractivity contribution in [2.24, 2.45) is 0 Å². The molecule has 148 valence electrons. The quantitative estimate of drug-likeness (QED) is 0.744. The minimum atomic E-state index is -0.237. The Hall–Kier alpha value is -3.48. The molecule has 0 saturated heterocycles. The van der Waals surface area contributed by atoms with Crippen molar-refractivity contribution in [3.05, 3.63) is 83.2 Å². The first-order valence-electron chi connectivity index (χ1n) is 9.65. The molecule has 3 aromatic rings. The molecular formula is C22H23N5O2. The van der Waals surface area contributed by atoms with E-state index >= 15 is 0 Å². The second-order valence-electron chi connectivity index (χ2n) is 7.27. The van der Waals surface area contributed by atoms with Crippen LogP contribution in [0.15, 0.2) is 55.0 Å². The highest BCUT2D eigenvalue weighted by Gasteiger charge is 2.31. The highest BCUT2D eigenvalue weighted by Crippen LogP contribution is 2.26. The minimum absolute atomic E-state index is 0.0157. The lowest BCUT2D eigenvalue weighted by atomic mass is 10.1. The Kier molecular flexibility index (Phi) is 5.12. The number of amides is 2. The predicted molar refractivity (Wildman–Crippen MR) is 108 cm³/mol. The van der Waals surface area contributed by atoms with Gasteiger partial charge in [-0.1, -0.05) is 23.8 Å². The van der Waals surface area contributed by atoms with Crippen LogP contribution in [0.4, 0.5) is 0 Å². The second-order valence-corrected chi connectivity index (χ2v) is 7.27. The maximum Gasteiger partial charge on any atom is 0.271 e. The van der Waals surface area contributed by atoms with Crippen molar-refractivity contribution >= 4 is 11.8 Å². The van der Waals surface area contributed by atoms with Gasteiger partial charge in [0, 0.05) is 43.8 Å². The van der Waals surface area contributed by atoms with Crippen molar-refractivity contribution in [3.8, 4) is 0 Å². The molecule has 29 heavy (non-hydrogen) atoms. The molecule has 0 unspecified atom stereocenters. The molecule has 0 fully saturated rings. The van der Waals surface area contributed by atoms with Gasteiger partial charge in [0.15, 0.2) is 0 Å². The van der Waals surface area contributed by atoms with E-state index in [0.29, 0.717) is 30.9 Å². The number of hydrogen-bond acceptors (Lipinski definition) is 4. The Morgan fingerprint density at radius 1 is 1.21 bits per heavy atom. The summed E-state index contributed by atoms with van der Waals surface area (Å²) in [4.78, 5) is 35.9. The predicted octanol–water partition coefficient (Wildman–Crippen LogP) is 2.73. The van der Waals surface area contributed by atoms with E-state index in [0.717, 1.165) is 17.0 Å². The Balaban J connectivity index is 1.48. The summed E-state index contributed by atoms with van der Waals surface area (Å²) in [6, 6.07) is 11.1. The molecule has 4 rings (SSSR count). The van der Waals surface area contributed by atoms with Crippen LogP contribution >= 0.6 is 0 Å². The molecule has 1 N–H and O–H groups in total. The average molecular weight is 389 g/mol. The third-order valence-electron chi connectivity index (χ3n) is 5.16. The summed E-state index contributed by atoms with van der Waals surface area (Å²) in [7, 11) is 0. The number of nitrogens with zero attached hydrogens (tertiary/aromatic N) is 4. The summed E-state index contributed by atoms with van der Waals surface area (Å²) in [6.07, 6.45) is 5.17. The maximum absolute atomic E-state index is 13.0. The van der Waals surface area contributed by atoms with E-state index in [2.05, 4.69) is 15.3 Å². The zero-order chi connectivity index (χ0) is 20.4. The molecule has 0 saturated carbocycles. The second kappa shape index (κ2) is 7.87. The number of imidazole rings is 1. The lowest BCUT2D eigenvalue weighted by Crippen LogP contribution is -2.41. The van der Waals surface area contributed by atoms with Crippen LogP contribution < -0.4 is 5.32 Å². The molecule has 0 radical (unpaired) electrons. The molecule has 1 aliphatic rings. The fourth-order valence-corrected chi connectivity index (χ4v) is 3.60. The van der Waals surface area contributed by atoms with Crippen LogP contribution in [0.5, 0.6) is 0 Å². The highest BCUT2D eigenvalue weighted by atomic mass is 16.2. The number of carbonyl (C=O) groups excluding carboxylic acids is 2. The molecule has 1 aliphatic heterocycles. The standard InChI is InChI=1S/C22H23N5O2/c1-15-5-3-7-18(11-15)22(29)27-10-9-26-14-19(25-20(26)16(27)2)21(28)24-13-17-6-4-8-23-12-17/h3-8,11-12,14,16H,9-10,13H2,1-2H3,(H,24,28)/t16-/m1/s1. The summed E-state index contributed by atoms with van der Waals surface area (Å²) in [5.74, 6) is 0.473. The van der Waals surface area contributed by atoms with Gasteiger partial charge in [-0.15, -0.1) is 0 Å². The normalized spacial score (nSPS) is 15.7. The maximum atomic E-state index is 13.0. The van der Waals surface area contributed by atoms with Gasteiger partial charge in [-0.2, -0.15) is 0 Å². The number of pyridine rings is 1. The molecule has 2 amide bonds. The first-order valence-corrected chi connectivity index (χ1v) is 9.65. The molecule has 0 aliphatic carbocycles. The smallest absolute Gasteiger partial charge is 0.271 e. The van der Waals surface area contributed by atoms with Crippen LogP contribution in [-0.4, -0.2) is 37.8 Å². The first kappa shape index (κ1) is 18.9. The lowest BCUT2D eigenvalue weighted by molar-refractivity contribution is 0.0637.